The van der Waals surface area contributed by atoms with Gasteiger partial charge in [-0.15, -0.1) is 0 Å². The van der Waals surface area contributed by atoms with Crippen LogP contribution in [0.25, 0.3) is 0 Å². The third-order valence-electron chi connectivity index (χ3n) is 2.74. The van der Waals surface area contributed by atoms with Crippen LogP contribution >= 0.6 is 15.9 Å². The Hall–Kier alpha value is -1.95. The molecule has 0 bridgehead atoms. The van der Waals surface area contributed by atoms with Crippen molar-refractivity contribution in [2.75, 3.05) is 6.61 Å². The van der Waals surface area contributed by atoms with E-state index in [0.29, 0.717) is 13.0 Å². The molecule has 0 saturated heterocycles. The van der Waals surface area contributed by atoms with Gasteiger partial charge < -0.3 is 4.74 Å². The molecule has 0 aliphatic carbocycles. The highest BCUT2D eigenvalue weighted by Crippen LogP contribution is 2.14. The first-order valence-corrected chi connectivity index (χ1v) is 7.18. The van der Waals surface area contributed by atoms with Gasteiger partial charge in [0.1, 0.15) is 5.75 Å². The smallest absolute Gasteiger partial charge is 0.269 e. The lowest BCUT2D eigenvalue weighted by atomic mass is 10.1. The Balaban J connectivity index is 1.84. The number of pyridine rings is 1. The molecule has 0 N–H and O–H groups in total. The second-order valence-electron chi connectivity index (χ2n) is 4.14. The average molecular weight is 337 g/mol. The molecule has 0 spiro atoms. The fraction of sp³-hybridized carbons (Fsp3) is 0.214. The Bertz CT molecular complexity index is 570. The standard InChI is InChI=1S/C14H13BrN2O3/c15-9-12-3-6-14(10-16-12)20-8-7-11-1-4-13(5-2-11)17(18)19/h1-6,10H,7-9H2. The molecule has 20 heavy (non-hydrogen) atoms. The van der Waals surface area contributed by atoms with Gasteiger partial charge in [0.2, 0.25) is 0 Å². The van der Waals surface area contributed by atoms with Gasteiger partial charge in [-0.25, -0.2) is 0 Å². The molecule has 5 nitrogen and oxygen atoms in total. The number of rotatable bonds is 6. The Morgan fingerprint density at radius 1 is 1.20 bits per heavy atom. The number of halogens is 1. The number of hydrogen-bond acceptors (Lipinski definition) is 4. The number of nitro groups is 1. The van der Waals surface area contributed by atoms with Crippen molar-refractivity contribution < 1.29 is 9.66 Å². The lowest BCUT2D eigenvalue weighted by molar-refractivity contribution is -0.384. The zero-order chi connectivity index (χ0) is 14.4. The summed E-state index contributed by atoms with van der Waals surface area (Å²) in [5.41, 5.74) is 2.05. The minimum Gasteiger partial charge on any atom is -0.492 e. The van der Waals surface area contributed by atoms with Gasteiger partial charge in [0.25, 0.3) is 5.69 Å². The van der Waals surface area contributed by atoms with Gasteiger partial charge in [-0.1, -0.05) is 28.1 Å². The molecule has 2 rings (SSSR count). The van der Waals surface area contributed by atoms with Crippen LogP contribution in [-0.4, -0.2) is 16.5 Å². The first-order chi connectivity index (χ1) is 9.69. The van der Waals surface area contributed by atoms with Crippen molar-refractivity contribution in [2.24, 2.45) is 0 Å². The molecule has 0 atom stereocenters. The predicted octanol–water partition coefficient (Wildman–Crippen LogP) is 3.51. The van der Waals surface area contributed by atoms with E-state index >= 15 is 0 Å². The van der Waals surface area contributed by atoms with E-state index in [1.54, 1.807) is 18.3 Å². The van der Waals surface area contributed by atoms with Crippen LogP contribution in [0.3, 0.4) is 0 Å². The molecular formula is C14H13BrN2O3. The molecule has 1 aromatic carbocycles. The van der Waals surface area contributed by atoms with E-state index in [1.165, 1.54) is 12.1 Å². The zero-order valence-electron chi connectivity index (χ0n) is 10.7. The van der Waals surface area contributed by atoms with Gasteiger partial charge in [-0.05, 0) is 17.7 Å². The Kier molecular flexibility index (Phi) is 5.06. The van der Waals surface area contributed by atoms with E-state index in [0.717, 1.165) is 22.3 Å². The number of nitro benzene ring substituents is 1. The van der Waals surface area contributed by atoms with Gasteiger partial charge in [0.05, 0.1) is 23.4 Å². The fourth-order valence-electron chi connectivity index (χ4n) is 1.65. The maximum Gasteiger partial charge on any atom is 0.269 e. The summed E-state index contributed by atoms with van der Waals surface area (Å²) in [4.78, 5) is 14.3. The van der Waals surface area contributed by atoms with Crippen molar-refractivity contribution in [1.29, 1.82) is 0 Å². The van der Waals surface area contributed by atoms with E-state index in [9.17, 15) is 10.1 Å². The zero-order valence-corrected chi connectivity index (χ0v) is 12.2. The minimum absolute atomic E-state index is 0.101. The first-order valence-electron chi connectivity index (χ1n) is 6.06. The van der Waals surface area contributed by atoms with Crippen LogP contribution in [0.4, 0.5) is 5.69 Å². The molecule has 2 aromatic rings. The molecule has 1 aromatic heterocycles. The number of non-ortho nitro benzene ring substituents is 1. The molecule has 0 fully saturated rings. The van der Waals surface area contributed by atoms with E-state index in [-0.39, 0.29) is 5.69 Å². The molecule has 0 radical (unpaired) electrons. The minimum atomic E-state index is -0.405. The summed E-state index contributed by atoms with van der Waals surface area (Å²) in [5.74, 6) is 0.719. The number of benzene rings is 1. The summed E-state index contributed by atoms with van der Waals surface area (Å²) >= 11 is 3.33. The highest BCUT2D eigenvalue weighted by molar-refractivity contribution is 9.08. The molecular weight excluding hydrogens is 324 g/mol. The highest BCUT2D eigenvalue weighted by atomic mass is 79.9. The second-order valence-corrected chi connectivity index (χ2v) is 4.70. The van der Waals surface area contributed by atoms with Gasteiger partial charge in [0, 0.05) is 23.9 Å². The van der Waals surface area contributed by atoms with Crippen molar-refractivity contribution in [3.05, 3.63) is 64.0 Å². The Morgan fingerprint density at radius 3 is 2.50 bits per heavy atom. The SMILES string of the molecule is O=[N+]([O-])c1ccc(CCOc2ccc(CBr)nc2)cc1. The van der Waals surface area contributed by atoms with E-state index < -0.39 is 4.92 Å². The maximum absolute atomic E-state index is 10.5. The van der Waals surface area contributed by atoms with E-state index in [2.05, 4.69) is 20.9 Å². The molecule has 6 heteroatoms. The number of hydrogen-bond donors (Lipinski definition) is 0. The second kappa shape index (κ2) is 7.00. The lowest BCUT2D eigenvalue weighted by Crippen LogP contribution is -2.02. The number of aromatic nitrogens is 1. The van der Waals surface area contributed by atoms with Crippen molar-refractivity contribution in [3.63, 3.8) is 0 Å². The molecule has 0 amide bonds. The highest BCUT2D eigenvalue weighted by Gasteiger charge is 2.04. The van der Waals surface area contributed by atoms with Crippen molar-refractivity contribution >= 4 is 21.6 Å². The average Bonchev–Trinajstić information content (AvgIpc) is 2.48. The predicted molar refractivity (Wildman–Crippen MR) is 79.2 cm³/mol. The monoisotopic (exact) mass is 336 g/mol. The van der Waals surface area contributed by atoms with Gasteiger partial charge in [-0.3, -0.25) is 15.1 Å². The Morgan fingerprint density at radius 2 is 1.95 bits per heavy atom. The summed E-state index contributed by atoms with van der Waals surface area (Å²) in [5, 5.41) is 11.3. The first kappa shape index (κ1) is 14.5. The van der Waals surface area contributed by atoms with Crippen LogP contribution in [-0.2, 0) is 11.8 Å². The van der Waals surface area contributed by atoms with Crippen LogP contribution < -0.4 is 4.74 Å². The number of alkyl halides is 1. The van der Waals surface area contributed by atoms with Gasteiger partial charge >= 0.3 is 0 Å². The van der Waals surface area contributed by atoms with Crippen LogP contribution in [0.5, 0.6) is 5.75 Å². The van der Waals surface area contributed by atoms with Crippen LogP contribution in [0.1, 0.15) is 11.3 Å². The van der Waals surface area contributed by atoms with Crippen molar-refractivity contribution in [3.8, 4) is 5.75 Å². The van der Waals surface area contributed by atoms with E-state index in [1.807, 2.05) is 12.1 Å². The van der Waals surface area contributed by atoms with Crippen molar-refractivity contribution in [2.45, 2.75) is 11.8 Å². The van der Waals surface area contributed by atoms with Crippen LogP contribution in [0.2, 0.25) is 0 Å². The summed E-state index contributed by atoms with van der Waals surface area (Å²) in [7, 11) is 0. The van der Waals surface area contributed by atoms with Gasteiger partial charge in [-0.2, -0.15) is 0 Å². The van der Waals surface area contributed by atoms with Gasteiger partial charge in [0.15, 0.2) is 0 Å². The summed E-state index contributed by atoms with van der Waals surface area (Å²) in [6.45, 7) is 0.507. The molecule has 0 aliphatic rings. The summed E-state index contributed by atoms with van der Waals surface area (Å²) in [6, 6.07) is 10.3. The quantitative estimate of drug-likeness (QED) is 0.460. The summed E-state index contributed by atoms with van der Waals surface area (Å²) in [6.07, 6.45) is 2.38. The largest absolute Gasteiger partial charge is 0.492 e. The lowest BCUT2D eigenvalue weighted by Gasteiger charge is -2.06. The number of nitrogens with zero attached hydrogens (tertiary/aromatic N) is 2. The number of ether oxygens (including phenoxy) is 1. The van der Waals surface area contributed by atoms with Crippen LogP contribution in [0, 0.1) is 10.1 Å². The summed E-state index contributed by atoms with van der Waals surface area (Å²) < 4.78 is 5.58. The van der Waals surface area contributed by atoms with Crippen molar-refractivity contribution in [1.82, 2.24) is 4.98 Å². The molecule has 104 valence electrons. The third-order valence-corrected chi connectivity index (χ3v) is 3.32. The van der Waals surface area contributed by atoms with E-state index in [4.69, 9.17) is 4.74 Å². The molecule has 1 heterocycles. The normalized spacial score (nSPS) is 10.2. The maximum atomic E-state index is 10.5. The topological polar surface area (TPSA) is 65.3 Å². The third kappa shape index (κ3) is 4.03. The van der Waals surface area contributed by atoms with Crippen LogP contribution in [0.15, 0.2) is 42.6 Å². The molecule has 0 aliphatic heterocycles. The Labute approximate surface area is 124 Å². The molecule has 0 unspecified atom stereocenters. The molecule has 0 saturated carbocycles. The fourth-order valence-corrected chi connectivity index (χ4v) is 1.98.